The molecule has 2 aromatic rings. The number of aliphatic hydroxyl groups is 1. The normalized spacial score (nSPS) is 22.8. The Morgan fingerprint density at radius 1 is 1.36 bits per heavy atom. The summed E-state index contributed by atoms with van der Waals surface area (Å²) < 4.78 is 5.95. The molecule has 1 aliphatic heterocycles. The van der Waals surface area contributed by atoms with E-state index in [9.17, 15) is 5.11 Å². The van der Waals surface area contributed by atoms with Crippen LogP contribution in [-0.2, 0) is 17.7 Å². The van der Waals surface area contributed by atoms with Crippen LogP contribution in [0, 0.1) is 0 Å². The monoisotopic (exact) mass is 321 g/mol. The SMILES string of the molecule is OCC1(Cc2ccc(Cl)cc2)CN(Cc2cnc[nH]2)CCO1. The summed E-state index contributed by atoms with van der Waals surface area (Å²) in [5.41, 5.74) is 1.62. The van der Waals surface area contributed by atoms with Crippen molar-refractivity contribution < 1.29 is 9.84 Å². The van der Waals surface area contributed by atoms with Crippen molar-refractivity contribution in [3.8, 4) is 0 Å². The molecule has 0 bridgehead atoms. The van der Waals surface area contributed by atoms with Crippen LogP contribution in [0.1, 0.15) is 11.3 Å². The number of hydrogen-bond acceptors (Lipinski definition) is 4. The number of imidazole rings is 1. The number of benzene rings is 1. The Hall–Kier alpha value is -1.40. The molecule has 1 aliphatic rings. The number of hydrogen-bond donors (Lipinski definition) is 2. The molecule has 5 nitrogen and oxygen atoms in total. The van der Waals surface area contributed by atoms with Gasteiger partial charge in [-0.15, -0.1) is 0 Å². The zero-order valence-corrected chi connectivity index (χ0v) is 13.1. The van der Waals surface area contributed by atoms with Gasteiger partial charge in [-0.2, -0.15) is 0 Å². The standard InChI is InChI=1S/C16H20ClN3O2/c17-14-3-1-13(2-4-14)7-16(11-21)10-20(5-6-22-16)9-15-8-18-12-19-15/h1-4,8,12,21H,5-7,9-11H2,(H,18,19). The molecule has 1 unspecified atom stereocenters. The molecule has 1 fully saturated rings. The summed E-state index contributed by atoms with van der Waals surface area (Å²) in [7, 11) is 0. The van der Waals surface area contributed by atoms with Gasteiger partial charge in [-0.05, 0) is 17.7 Å². The van der Waals surface area contributed by atoms with Gasteiger partial charge in [0, 0.05) is 43.0 Å². The van der Waals surface area contributed by atoms with E-state index in [1.807, 2.05) is 30.5 Å². The minimum absolute atomic E-state index is 0.00486. The lowest BCUT2D eigenvalue weighted by Gasteiger charge is -2.41. The van der Waals surface area contributed by atoms with Crippen LogP contribution in [0.5, 0.6) is 0 Å². The average Bonchev–Trinajstić information content (AvgIpc) is 3.03. The van der Waals surface area contributed by atoms with E-state index in [0.717, 1.165) is 24.3 Å². The first-order valence-electron chi connectivity index (χ1n) is 7.38. The lowest BCUT2D eigenvalue weighted by atomic mass is 9.93. The van der Waals surface area contributed by atoms with Crippen LogP contribution < -0.4 is 0 Å². The number of halogens is 1. The fourth-order valence-electron chi connectivity index (χ4n) is 2.90. The van der Waals surface area contributed by atoms with Crippen molar-refractivity contribution >= 4 is 11.6 Å². The molecular formula is C16H20ClN3O2. The van der Waals surface area contributed by atoms with Gasteiger partial charge in [-0.1, -0.05) is 23.7 Å². The molecule has 6 heteroatoms. The maximum absolute atomic E-state index is 9.90. The largest absolute Gasteiger partial charge is 0.393 e. The summed E-state index contributed by atoms with van der Waals surface area (Å²) in [5.74, 6) is 0. The van der Waals surface area contributed by atoms with Gasteiger partial charge >= 0.3 is 0 Å². The summed E-state index contributed by atoms with van der Waals surface area (Å²) in [5, 5.41) is 10.6. The molecule has 118 valence electrons. The summed E-state index contributed by atoms with van der Waals surface area (Å²) in [6.07, 6.45) is 4.18. The zero-order valence-electron chi connectivity index (χ0n) is 12.3. The topological polar surface area (TPSA) is 61.4 Å². The molecule has 0 radical (unpaired) electrons. The molecule has 2 N–H and O–H groups in total. The van der Waals surface area contributed by atoms with Gasteiger partial charge < -0.3 is 14.8 Å². The van der Waals surface area contributed by atoms with Crippen molar-refractivity contribution in [2.45, 2.75) is 18.6 Å². The van der Waals surface area contributed by atoms with Gasteiger partial charge in [0.05, 0.1) is 19.5 Å². The van der Waals surface area contributed by atoms with Crippen LogP contribution in [0.25, 0.3) is 0 Å². The maximum atomic E-state index is 9.90. The number of morpholine rings is 1. The molecule has 1 aromatic carbocycles. The minimum Gasteiger partial charge on any atom is -0.393 e. The van der Waals surface area contributed by atoms with Gasteiger partial charge in [0.2, 0.25) is 0 Å². The Bertz CT molecular complexity index is 588. The molecule has 0 spiro atoms. The second kappa shape index (κ2) is 6.79. The minimum atomic E-state index is -0.563. The molecule has 1 saturated heterocycles. The lowest BCUT2D eigenvalue weighted by Crippen LogP contribution is -2.55. The highest BCUT2D eigenvalue weighted by atomic mass is 35.5. The van der Waals surface area contributed by atoms with Crippen LogP contribution >= 0.6 is 11.6 Å². The quantitative estimate of drug-likeness (QED) is 0.882. The number of aromatic amines is 1. The van der Waals surface area contributed by atoms with E-state index in [4.69, 9.17) is 16.3 Å². The van der Waals surface area contributed by atoms with Crippen LogP contribution in [0.15, 0.2) is 36.8 Å². The number of aromatic nitrogens is 2. The van der Waals surface area contributed by atoms with Crippen LogP contribution in [0.4, 0.5) is 0 Å². The summed E-state index contributed by atoms with van der Waals surface area (Å²) in [6.45, 7) is 2.93. The molecule has 0 aliphatic carbocycles. The Kier molecular flexibility index (Phi) is 4.78. The van der Waals surface area contributed by atoms with E-state index in [-0.39, 0.29) is 6.61 Å². The third-order valence-electron chi connectivity index (χ3n) is 4.00. The number of rotatable bonds is 5. The fourth-order valence-corrected chi connectivity index (χ4v) is 3.03. The van der Waals surface area contributed by atoms with Gasteiger partial charge in [0.1, 0.15) is 5.60 Å². The first-order chi connectivity index (χ1) is 10.7. The van der Waals surface area contributed by atoms with Crippen molar-refractivity contribution in [2.75, 3.05) is 26.3 Å². The van der Waals surface area contributed by atoms with Crippen molar-refractivity contribution in [3.05, 3.63) is 53.1 Å². The smallest absolute Gasteiger partial charge is 0.108 e. The average molecular weight is 322 g/mol. The van der Waals surface area contributed by atoms with Gasteiger partial charge in [0.15, 0.2) is 0 Å². The third-order valence-corrected chi connectivity index (χ3v) is 4.26. The van der Waals surface area contributed by atoms with Gasteiger partial charge in [-0.25, -0.2) is 4.98 Å². The van der Waals surface area contributed by atoms with Crippen LogP contribution in [-0.4, -0.2) is 51.9 Å². The number of nitrogens with zero attached hydrogens (tertiary/aromatic N) is 2. The van der Waals surface area contributed by atoms with Gasteiger partial charge in [0.25, 0.3) is 0 Å². The van der Waals surface area contributed by atoms with E-state index >= 15 is 0 Å². The molecule has 1 atom stereocenters. The maximum Gasteiger partial charge on any atom is 0.108 e. The Balaban J connectivity index is 1.69. The molecule has 22 heavy (non-hydrogen) atoms. The molecule has 3 rings (SSSR count). The van der Waals surface area contributed by atoms with Crippen molar-refractivity contribution in [1.82, 2.24) is 14.9 Å². The number of H-pyrrole nitrogens is 1. The number of ether oxygens (including phenoxy) is 1. The van der Waals surface area contributed by atoms with Crippen LogP contribution in [0.2, 0.25) is 5.02 Å². The predicted octanol–water partition coefficient (Wildman–Crippen LogP) is 1.87. The molecule has 1 aromatic heterocycles. The second-order valence-electron chi connectivity index (χ2n) is 5.78. The van der Waals surface area contributed by atoms with Crippen LogP contribution in [0.3, 0.4) is 0 Å². The Morgan fingerprint density at radius 2 is 2.18 bits per heavy atom. The zero-order chi connectivity index (χ0) is 15.4. The first-order valence-corrected chi connectivity index (χ1v) is 7.76. The fraction of sp³-hybridized carbons (Fsp3) is 0.438. The van der Waals surface area contributed by atoms with Crippen molar-refractivity contribution in [2.24, 2.45) is 0 Å². The summed E-state index contributed by atoms with van der Waals surface area (Å²) in [6, 6.07) is 7.70. The summed E-state index contributed by atoms with van der Waals surface area (Å²) >= 11 is 5.93. The van der Waals surface area contributed by atoms with E-state index < -0.39 is 5.60 Å². The van der Waals surface area contributed by atoms with Crippen molar-refractivity contribution in [3.63, 3.8) is 0 Å². The lowest BCUT2D eigenvalue weighted by molar-refractivity contribution is -0.134. The predicted molar refractivity (Wildman–Crippen MR) is 84.8 cm³/mol. The van der Waals surface area contributed by atoms with Gasteiger partial charge in [-0.3, -0.25) is 4.90 Å². The first kappa shape index (κ1) is 15.5. The Labute approximate surface area is 134 Å². The van der Waals surface area contributed by atoms with E-state index in [2.05, 4.69) is 14.9 Å². The number of nitrogens with one attached hydrogen (secondary N) is 1. The third kappa shape index (κ3) is 3.67. The van der Waals surface area contributed by atoms with Crippen molar-refractivity contribution in [1.29, 1.82) is 0 Å². The summed E-state index contributed by atoms with van der Waals surface area (Å²) in [4.78, 5) is 9.44. The molecule has 0 amide bonds. The second-order valence-corrected chi connectivity index (χ2v) is 6.22. The Morgan fingerprint density at radius 3 is 2.86 bits per heavy atom. The highest BCUT2D eigenvalue weighted by Gasteiger charge is 2.36. The van der Waals surface area contributed by atoms with E-state index in [1.54, 1.807) is 6.33 Å². The highest BCUT2D eigenvalue weighted by molar-refractivity contribution is 6.30. The van der Waals surface area contributed by atoms with E-state index in [0.29, 0.717) is 24.6 Å². The van der Waals surface area contributed by atoms with E-state index in [1.165, 1.54) is 0 Å². The molecular weight excluding hydrogens is 302 g/mol. The molecule has 0 saturated carbocycles. The highest BCUT2D eigenvalue weighted by Crippen LogP contribution is 2.24. The molecule has 2 heterocycles. The number of aliphatic hydroxyl groups excluding tert-OH is 1.